The highest BCUT2D eigenvalue weighted by atomic mass is 35.5. The molecule has 0 heterocycles. The largest absolute Gasteiger partial charge is 0.416 e. The van der Waals surface area contributed by atoms with E-state index in [1.165, 1.54) is 12.1 Å². The summed E-state index contributed by atoms with van der Waals surface area (Å²) in [5.41, 5.74) is -0.671. The zero-order valence-corrected chi connectivity index (χ0v) is 10.9. The van der Waals surface area contributed by atoms with Crippen LogP contribution < -0.4 is 0 Å². The predicted molar refractivity (Wildman–Crippen MR) is 66.2 cm³/mol. The van der Waals surface area contributed by atoms with Gasteiger partial charge in [0.15, 0.2) is 5.78 Å². The number of halogens is 4. The predicted octanol–water partition coefficient (Wildman–Crippen LogP) is 3.26. The second-order valence-electron chi connectivity index (χ2n) is 4.06. The average Bonchev–Trinajstić information content (AvgIpc) is 2.25. The minimum absolute atomic E-state index is 0. The molecule has 0 amide bonds. The molecule has 1 rings (SSSR count). The van der Waals surface area contributed by atoms with E-state index in [0.29, 0.717) is 6.54 Å². The lowest BCUT2D eigenvalue weighted by Crippen LogP contribution is -2.17. The summed E-state index contributed by atoms with van der Waals surface area (Å²) in [6.45, 7) is 0.523. The average molecular weight is 282 g/mol. The Bertz CT molecular complexity index is 405. The molecule has 1 aromatic carbocycles. The maximum absolute atomic E-state index is 12.4. The Morgan fingerprint density at radius 1 is 1.28 bits per heavy atom. The quantitative estimate of drug-likeness (QED) is 0.790. The van der Waals surface area contributed by atoms with Gasteiger partial charge in [-0.1, -0.05) is 12.1 Å². The van der Waals surface area contributed by atoms with Crippen LogP contribution in [0.4, 0.5) is 13.2 Å². The van der Waals surface area contributed by atoms with Crippen LogP contribution in [-0.4, -0.2) is 31.3 Å². The normalized spacial score (nSPS) is 11.2. The fourth-order valence-electron chi connectivity index (χ4n) is 1.34. The van der Waals surface area contributed by atoms with Gasteiger partial charge >= 0.3 is 6.18 Å². The van der Waals surface area contributed by atoms with E-state index in [1.807, 2.05) is 4.90 Å². The van der Waals surface area contributed by atoms with Crippen LogP contribution in [-0.2, 0) is 6.18 Å². The molecule has 1 aromatic rings. The fourth-order valence-corrected chi connectivity index (χ4v) is 1.34. The van der Waals surface area contributed by atoms with Crippen molar-refractivity contribution in [2.45, 2.75) is 12.6 Å². The maximum atomic E-state index is 12.4. The van der Waals surface area contributed by atoms with Gasteiger partial charge in [0.05, 0.1) is 5.56 Å². The van der Waals surface area contributed by atoms with Crippen molar-refractivity contribution in [3.8, 4) is 0 Å². The van der Waals surface area contributed by atoms with Gasteiger partial charge in [-0.3, -0.25) is 4.79 Å². The van der Waals surface area contributed by atoms with E-state index in [9.17, 15) is 18.0 Å². The molecule has 0 aliphatic carbocycles. The molecular formula is C12H15ClF3NO. The lowest BCUT2D eigenvalue weighted by atomic mass is 10.0. The Morgan fingerprint density at radius 2 is 1.89 bits per heavy atom. The SMILES string of the molecule is CN(C)CCC(=O)c1cccc(C(F)(F)F)c1.Cl. The third-order valence-corrected chi connectivity index (χ3v) is 2.30. The molecule has 0 N–H and O–H groups in total. The van der Waals surface area contributed by atoms with Crippen molar-refractivity contribution in [3.63, 3.8) is 0 Å². The number of ketones is 1. The highest BCUT2D eigenvalue weighted by Gasteiger charge is 2.30. The van der Waals surface area contributed by atoms with Gasteiger partial charge in [0.2, 0.25) is 0 Å². The molecule has 0 aliphatic rings. The standard InChI is InChI=1S/C12H14F3NO.ClH/c1-16(2)7-6-11(17)9-4-3-5-10(8-9)12(13,14)15;/h3-5,8H,6-7H2,1-2H3;1H. The van der Waals surface area contributed by atoms with Crippen LogP contribution in [0.15, 0.2) is 24.3 Å². The van der Waals surface area contributed by atoms with Gasteiger partial charge in [0.25, 0.3) is 0 Å². The highest BCUT2D eigenvalue weighted by Crippen LogP contribution is 2.29. The number of carbonyl (C=O) groups excluding carboxylic acids is 1. The summed E-state index contributed by atoms with van der Waals surface area (Å²) in [7, 11) is 3.61. The smallest absolute Gasteiger partial charge is 0.309 e. The van der Waals surface area contributed by atoms with Crippen LogP contribution in [0.3, 0.4) is 0 Å². The summed E-state index contributed by atoms with van der Waals surface area (Å²) in [5, 5.41) is 0. The summed E-state index contributed by atoms with van der Waals surface area (Å²) in [6, 6.07) is 4.53. The molecule has 0 bridgehead atoms. The first-order valence-corrected chi connectivity index (χ1v) is 5.16. The van der Waals surface area contributed by atoms with Crippen molar-refractivity contribution < 1.29 is 18.0 Å². The number of alkyl halides is 3. The Kier molecular flexibility index (Phi) is 6.35. The molecule has 0 aliphatic heterocycles. The first-order chi connectivity index (χ1) is 7.80. The van der Waals surface area contributed by atoms with Crippen molar-refractivity contribution >= 4 is 18.2 Å². The van der Waals surface area contributed by atoms with E-state index >= 15 is 0 Å². The van der Waals surface area contributed by atoms with Gasteiger partial charge in [-0.25, -0.2) is 0 Å². The van der Waals surface area contributed by atoms with Crippen LogP contribution in [0.25, 0.3) is 0 Å². The number of hydrogen-bond donors (Lipinski definition) is 0. The third kappa shape index (κ3) is 5.06. The van der Waals surface area contributed by atoms with Gasteiger partial charge in [-0.05, 0) is 26.2 Å². The molecule has 0 unspecified atom stereocenters. The van der Waals surface area contributed by atoms with E-state index in [0.717, 1.165) is 12.1 Å². The molecule has 0 saturated carbocycles. The highest BCUT2D eigenvalue weighted by molar-refractivity contribution is 5.96. The minimum Gasteiger partial charge on any atom is -0.309 e. The summed E-state index contributed by atoms with van der Waals surface area (Å²) < 4.78 is 37.3. The van der Waals surface area contributed by atoms with Crippen LogP contribution in [0.5, 0.6) is 0 Å². The Hall–Kier alpha value is -1.07. The number of Topliss-reactive ketones (excluding diaryl/α,β-unsaturated/α-hetero) is 1. The molecule has 0 spiro atoms. The zero-order valence-electron chi connectivity index (χ0n) is 10.1. The van der Waals surface area contributed by atoms with Crippen molar-refractivity contribution in [1.29, 1.82) is 0 Å². The molecule has 102 valence electrons. The van der Waals surface area contributed by atoms with E-state index in [1.54, 1.807) is 14.1 Å². The number of nitrogens with zero attached hydrogens (tertiary/aromatic N) is 1. The molecule has 6 heteroatoms. The maximum Gasteiger partial charge on any atom is 0.416 e. The molecule has 0 fully saturated rings. The fraction of sp³-hybridized carbons (Fsp3) is 0.417. The van der Waals surface area contributed by atoms with E-state index in [4.69, 9.17) is 0 Å². The third-order valence-electron chi connectivity index (χ3n) is 2.30. The van der Waals surface area contributed by atoms with Gasteiger partial charge in [-0.2, -0.15) is 13.2 Å². The molecule has 0 radical (unpaired) electrons. The van der Waals surface area contributed by atoms with Crippen molar-refractivity contribution in [3.05, 3.63) is 35.4 Å². The number of hydrogen-bond acceptors (Lipinski definition) is 2. The summed E-state index contributed by atoms with van der Waals surface area (Å²) in [6.07, 6.45) is -4.19. The number of carbonyl (C=O) groups is 1. The van der Waals surface area contributed by atoms with Gasteiger partial charge in [0.1, 0.15) is 0 Å². The van der Waals surface area contributed by atoms with E-state index in [2.05, 4.69) is 0 Å². The second kappa shape index (κ2) is 6.75. The molecule has 0 aromatic heterocycles. The lowest BCUT2D eigenvalue weighted by molar-refractivity contribution is -0.137. The van der Waals surface area contributed by atoms with Crippen LogP contribution >= 0.6 is 12.4 Å². The lowest BCUT2D eigenvalue weighted by Gasteiger charge is -2.10. The van der Waals surface area contributed by atoms with Crippen molar-refractivity contribution in [2.24, 2.45) is 0 Å². The monoisotopic (exact) mass is 281 g/mol. The zero-order chi connectivity index (χ0) is 13.1. The molecular weight excluding hydrogens is 267 g/mol. The molecule has 0 saturated heterocycles. The van der Waals surface area contributed by atoms with Crippen LogP contribution in [0, 0.1) is 0 Å². The van der Waals surface area contributed by atoms with E-state index < -0.39 is 11.7 Å². The van der Waals surface area contributed by atoms with Crippen LogP contribution in [0.1, 0.15) is 22.3 Å². The number of benzene rings is 1. The molecule has 18 heavy (non-hydrogen) atoms. The summed E-state index contributed by atoms with van der Waals surface area (Å²) in [5.74, 6) is -0.273. The van der Waals surface area contributed by atoms with Gasteiger partial charge < -0.3 is 4.90 Å². The van der Waals surface area contributed by atoms with Gasteiger partial charge in [0, 0.05) is 18.5 Å². The van der Waals surface area contributed by atoms with Gasteiger partial charge in [-0.15, -0.1) is 12.4 Å². The topological polar surface area (TPSA) is 20.3 Å². The summed E-state index contributed by atoms with van der Waals surface area (Å²) >= 11 is 0. The summed E-state index contributed by atoms with van der Waals surface area (Å²) in [4.78, 5) is 13.4. The van der Waals surface area contributed by atoms with Crippen LogP contribution in [0.2, 0.25) is 0 Å². The Balaban J connectivity index is 0.00000289. The Morgan fingerprint density at radius 3 is 2.39 bits per heavy atom. The second-order valence-corrected chi connectivity index (χ2v) is 4.06. The van der Waals surface area contributed by atoms with Crippen molar-refractivity contribution in [1.82, 2.24) is 4.90 Å². The first kappa shape index (κ1) is 16.9. The van der Waals surface area contributed by atoms with E-state index in [-0.39, 0.29) is 30.2 Å². The molecule has 2 nitrogen and oxygen atoms in total. The Labute approximate surface area is 110 Å². The first-order valence-electron chi connectivity index (χ1n) is 5.16. The van der Waals surface area contributed by atoms with Crippen molar-refractivity contribution in [2.75, 3.05) is 20.6 Å². The molecule has 0 atom stereocenters. The number of rotatable bonds is 4. The minimum atomic E-state index is -4.40.